The van der Waals surface area contributed by atoms with Gasteiger partial charge >= 0.3 is 6.03 Å². The Labute approximate surface area is 214 Å². The van der Waals surface area contributed by atoms with Gasteiger partial charge in [-0.05, 0) is 66.9 Å². The van der Waals surface area contributed by atoms with E-state index >= 15 is 0 Å². The summed E-state index contributed by atoms with van der Waals surface area (Å²) in [7, 11) is 0. The molecule has 0 radical (unpaired) electrons. The second-order valence-corrected chi connectivity index (χ2v) is 9.12. The summed E-state index contributed by atoms with van der Waals surface area (Å²) in [5.74, 6) is -1.25. The van der Waals surface area contributed by atoms with E-state index in [2.05, 4.69) is 21.2 Å². The minimum atomic E-state index is -0.830. The first-order valence-electron chi connectivity index (χ1n) is 10.8. The van der Waals surface area contributed by atoms with Gasteiger partial charge in [0.05, 0.1) is 10.6 Å². The summed E-state index contributed by atoms with van der Waals surface area (Å²) in [5.41, 5.74) is 2.74. The number of nitrogens with one attached hydrogen (secondary N) is 1. The number of imide groups is 2. The third kappa shape index (κ3) is 5.33. The van der Waals surface area contributed by atoms with Crippen LogP contribution in [-0.4, -0.2) is 22.8 Å². The summed E-state index contributed by atoms with van der Waals surface area (Å²) in [6.45, 7) is 3.71. The maximum absolute atomic E-state index is 13.3. The van der Waals surface area contributed by atoms with E-state index in [9.17, 15) is 24.5 Å². The van der Waals surface area contributed by atoms with Gasteiger partial charge in [0, 0.05) is 22.2 Å². The van der Waals surface area contributed by atoms with Crippen LogP contribution in [0.4, 0.5) is 16.2 Å². The molecule has 3 aromatic rings. The summed E-state index contributed by atoms with van der Waals surface area (Å²) >= 11 is 3.38. The quantitative estimate of drug-likeness (QED) is 0.195. The van der Waals surface area contributed by atoms with E-state index < -0.39 is 22.8 Å². The lowest BCUT2D eigenvalue weighted by Gasteiger charge is -2.27. The van der Waals surface area contributed by atoms with Crippen LogP contribution in [0.5, 0.6) is 5.75 Å². The normalized spacial score (nSPS) is 14.7. The SMILES string of the molecule is Cc1cc(C)cc(N2C(=O)NC(=O)/C(=C\c3cc(Br)ccc3OCc3cccc([N+](=O)[O-])c3)C2=O)c1. The van der Waals surface area contributed by atoms with Gasteiger partial charge in [-0.15, -0.1) is 0 Å². The fourth-order valence-corrected chi connectivity index (χ4v) is 4.19. The minimum absolute atomic E-state index is 0.0206. The van der Waals surface area contributed by atoms with Gasteiger partial charge < -0.3 is 4.74 Å². The zero-order valence-corrected chi connectivity index (χ0v) is 20.9. The molecule has 10 heteroatoms. The number of urea groups is 1. The van der Waals surface area contributed by atoms with Crippen molar-refractivity contribution in [2.75, 3.05) is 4.90 Å². The van der Waals surface area contributed by atoms with E-state index in [4.69, 9.17) is 4.74 Å². The van der Waals surface area contributed by atoms with Gasteiger partial charge in [-0.25, -0.2) is 9.69 Å². The van der Waals surface area contributed by atoms with Crippen molar-refractivity contribution in [3.63, 3.8) is 0 Å². The maximum atomic E-state index is 13.3. The highest BCUT2D eigenvalue weighted by Crippen LogP contribution is 2.29. The van der Waals surface area contributed by atoms with Gasteiger partial charge in [0.15, 0.2) is 0 Å². The number of hydrogen-bond donors (Lipinski definition) is 1. The summed E-state index contributed by atoms with van der Waals surface area (Å²) in [6, 6.07) is 15.5. The van der Waals surface area contributed by atoms with E-state index in [0.29, 0.717) is 27.0 Å². The first kappa shape index (κ1) is 24.8. The molecule has 4 rings (SSSR count). The van der Waals surface area contributed by atoms with Gasteiger partial charge in [0.25, 0.3) is 17.5 Å². The molecule has 182 valence electrons. The minimum Gasteiger partial charge on any atom is -0.488 e. The number of barbiturate groups is 1. The van der Waals surface area contributed by atoms with Gasteiger partial charge in [-0.3, -0.25) is 25.0 Å². The third-order valence-electron chi connectivity index (χ3n) is 5.35. The Bertz CT molecular complexity index is 1430. The number of nitrogens with zero attached hydrogens (tertiary/aromatic N) is 2. The Morgan fingerprint density at radius 2 is 1.75 bits per heavy atom. The van der Waals surface area contributed by atoms with E-state index in [-0.39, 0.29) is 17.9 Å². The molecule has 0 aromatic heterocycles. The Morgan fingerprint density at radius 3 is 2.44 bits per heavy atom. The number of non-ortho nitro benzene ring substituents is 1. The average molecular weight is 550 g/mol. The number of nitro groups is 1. The fraction of sp³-hybridized carbons (Fsp3) is 0.115. The van der Waals surface area contributed by atoms with Crippen LogP contribution in [0.1, 0.15) is 22.3 Å². The highest BCUT2D eigenvalue weighted by atomic mass is 79.9. The molecule has 0 spiro atoms. The smallest absolute Gasteiger partial charge is 0.335 e. The highest BCUT2D eigenvalue weighted by molar-refractivity contribution is 9.10. The van der Waals surface area contributed by atoms with Crippen LogP contribution in [0.3, 0.4) is 0 Å². The van der Waals surface area contributed by atoms with E-state index in [1.165, 1.54) is 18.2 Å². The van der Waals surface area contributed by atoms with Crippen LogP contribution in [0.2, 0.25) is 0 Å². The highest BCUT2D eigenvalue weighted by Gasteiger charge is 2.37. The molecular weight excluding hydrogens is 530 g/mol. The van der Waals surface area contributed by atoms with Crippen molar-refractivity contribution in [3.05, 3.63) is 103 Å². The molecule has 36 heavy (non-hydrogen) atoms. The lowest BCUT2D eigenvalue weighted by Crippen LogP contribution is -2.54. The molecule has 0 bridgehead atoms. The maximum Gasteiger partial charge on any atom is 0.335 e. The number of carbonyl (C=O) groups excluding carboxylic acids is 3. The van der Waals surface area contributed by atoms with Gasteiger partial charge in [0.2, 0.25) is 0 Å². The number of aryl methyl sites for hydroxylation is 2. The molecule has 0 aliphatic carbocycles. The first-order chi connectivity index (χ1) is 17.1. The zero-order valence-electron chi connectivity index (χ0n) is 19.3. The third-order valence-corrected chi connectivity index (χ3v) is 5.85. The van der Waals surface area contributed by atoms with Crippen LogP contribution >= 0.6 is 15.9 Å². The van der Waals surface area contributed by atoms with Crippen LogP contribution in [0.15, 0.2) is 70.7 Å². The van der Waals surface area contributed by atoms with E-state index in [1.807, 2.05) is 19.9 Å². The number of nitro benzene ring substituents is 1. The molecule has 4 amide bonds. The van der Waals surface area contributed by atoms with Crippen molar-refractivity contribution >= 4 is 51.2 Å². The second kappa shape index (κ2) is 10.1. The molecule has 1 saturated heterocycles. The molecule has 1 aliphatic heterocycles. The summed E-state index contributed by atoms with van der Waals surface area (Å²) in [4.78, 5) is 50.0. The molecule has 9 nitrogen and oxygen atoms in total. The lowest BCUT2D eigenvalue weighted by atomic mass is 10.0. The summed E-state index contributed by atoms with van der Waals surface area (Å²) < 4.78 is 6.55. The Morgan fingerprint density at radius 1 is 1.03 bits per heavy atom. The van der Waals surface area contributed by atoms with E-state index in [0.717, 1.165) is 16.0 Å². The molecule has 0 unspecified atom stereocenters. The number of amides is 4. The van der Waals surface area contributed by atoms with Crippen LogP contribution < -0.4 is 15.0 Å². The summed E-state index contributed by atoms with van der Waals surface area (Å²) in [5, 5.41) is 13.3. The molecule has 1 fully saturated rings. The number of carbonyl (C=O) groups is 3. The summed E-state index contributed by atoms with van der Waals surface area (Å²) in [6.07, 6.45) is 1.35. The monoisotopic (exact) mass is 549 g/mol. The fourth-order valence-electron chi connectivity index (χ4n) is 3.81. The molecule has 1 aliphatic rings. The number of ether oxygens (including phenoxy) is 1. The van der Waals surface area contributed by atoms with Crippen molar-refractivity contribution in [1.29, 1.82) is 0 Å². The number of halogens is 1. The molecule has 1 heterocycles. The van der Waals surface area contributed by atoms with Crippen LogP contribution in [0.25, 0.3) is 6.08 Å². The lowest BCUT2D eigenvalue weighted by molar-refractivity contribution is -0.384. The number of benzene rings is 3. The largest absolute Gasteiger partial charge is 0.488 e. The molecule has 3 aromatic carbocycles. The van der Waals surface area contributed by atoms with Gasteiger partial charge in [-0.1, -0.05) is 34.1 Å². The van der Waals surface area contributed by atoms with E-state index in [1.54, 1.807) is 42.5 Å². The standard InChI is InChI=1S/C26H20BrN3O6/c1-15-8-16(2)10-21(9-15)29-25(32)22(24(31)28-26(29)33)13-18-12-19(27)6-7-23(18)36-14-17-4-3-5-20(11-17)30(34)35/h3-13H,14H2,1-2H3,(H,28,31,33)/b22-13+. The van der Waals surface area contributed by atoms with Gasteiger partial charge in [-0.2, -0.15) is 0 Å². The topological polar surface area (TPSA) is 119 Å². The number of hydrogen-bond acceptors (Lipinski definition) is 6. The van der Waals surface area contributed by atoms with Crippen molar-refractivity contribution in [2.24, 2.45) is 0 Å². The Kier molecular flexibility index (Phi) is 6.98. The van der Waals surface area contributed by atoms with Crippen molar-refractivity contribution < 1.29 is 24.0 Å². The molecule has 1 N–H and O–H groups in total. The predicted octanol–water partition coefficient (Wildman–Crippen LogP) is 5.22. The molecular formula is C26H20BrN3O6. The number of rotatable bonds is 6. The van der Waals surface area contributed by atoms with Crippen molar-refractivity contribution in [3.8, 4) is 5.75 Å². The number of anilines is 1. The zero-order chi connectivity index (χ0) is 26.0. The van der Waals surface area contributed by atoms with Crippen LogP contribution in [-0.2, 0) is 16.2 Å². The van der Waals surface area contributed by atoms with Crippen LogP contribution in [0, 0.1) is 24.0 Å². The molecule has 0 saturated carbocycles. The van der Waals surface area contributed by atoms with Gasteiger partial charge in [0.1, 0.15) is 17.9 Å². The Balaban J connectivity index is 1.67. The first-order valence-corrected chi connectivity index (χ1v) is 11.6. The van der Waals surface area contributed by atoms with Crippen molar-refractivity contribution in [2.45, 2.75) is 20.5 Å². The predicted molar refractivity (Wildman–Crippen MR) is 136 cm³/mol. The van der Waals surface area contributed by atoms with Crippen molar-refractivity contribution in [1.82, 2.24) is 5.32 Å². The second-order valence-electron chi connectivity index (χ2n) is 8.20. The Hall–Kier alpha value is -4.31. The molecule has 0 atom stereocenters. The average Bonchev–Trinajstić information content (AvgIpc) is 2.80.